The second-order valence-electron chi connectivity index (χ2n) is 6.36. The molecule has 0 spiro atoms. The van der Waals surface area contributed by atoms with Gasteiger partial charge in [-0.15, -0.1) is 0 Å². The first-order chi connectivity index (χ1) is 13.3. The normalized spacial score (nSPS) is 11.9. The van der Waals surface area contributed by atoms with Gasteiger partial charge in [0.25, 0.3) is 0 Å². The summed E-state index contributed by atoms with van der Waals surface area (Å²) in [5.41, 5.74) is 1.30. The van der Waals surface area contributed by atoms with Crippen LogP contribution in [0.1, 0.15) is 0 Å². The Morgan fingerprint density at radius 1 is 0.786 bits per heavy atom. The molecule has 0 amide bonds. The van der Waals surface area contributed by atoms with Crippen molar-refractivity contribution in [2.75, 3.05) is 7.11 Å². The van der Waals surface area contributed by atoms with Gasteiger partial charge in [-0.05, 0) is 103 Å². The van der Waals surface area contributed by atoms with E-state index in [-0.39, 0.29) is 4.90 Å². The van der Waals surface area contributed by atoms with Crippen LogP contribution in [-0.2, 0) is 10.0 Å². The molecule has 0 aromatic heterocycles. The smallest absolute Gasteiger partial charge is 0.238 e. The number of nitrogens with two attached hydrogens (primary N) is 1. The fraction of sp³-hybridized carbons (Fsp3) is 0.0476. The van der Waals surface area contributed by atoms with Gasteiger partial charge in [0.15, 0.2) is 0 Å². The molecule has 4 rings (SSSR count). The molecule has 4 aromatic carbocycles. The maximum atomic E-state index is 12.5. The number of primary sulfonamides is 1. The minimum atomic E-state index is -3.94. The van der Waals surface area contributed by atoms with Crippen LogP contribution < -0.4 is 9.88 Å². The predicted molar refractivity (Wildman–Crippen MR) is 130 cm³/mol. The first kappa shape index (κ1) is 19.9. The van der Waals surface area contributed by atoms with Gasteiger partial charge in [0, 0.05) is 18.3 Å². The van der Waals surface area contributed by atoms with E-state index in [0.717, 1.165) is 34.2 Å². The molecule has 0 radical (unpaired) electrons. The van der Waals surface area contributed by atoms with Gasteiger partial charge in [0.05, 0.1) is 12.0 Å². The minimum Gasteiger partial charge on any atom is -0.496 e. The highest BCUT2D eigenvalue weighted by atomic mass is 127. The summed E-state index contributed by atoms with van der Waals surface area (Å²) in [6.45, 7) is 0. The zero-order chi connectivity index (χ0) is 20.1. The molecule has 4 nitrogen and oxygen atoms in total. The molecule has 0 atom stereocenters. The number of sulfonamides is 1. The molecule has 0 fully saturated rings. The fourth-order valence-electron chi connectivity index (χ4n) is 3.48. The number of benzene rings is 4. The Morgan fingerprint density at radius 3 is 1.86 bits per heavy atom. The summed E-state index contributed by atoms with van der Waals surface area (Å²) in [7, 11) is -2.36. The monoisotopic (exact) mass is 615 g/mol. The molecular weight excluding hydrogens is 600 g/mol. The summed E-state index contributed by atoms with van der Waals surface area (Å²) >= 11 is 4.50. The van der Waals surface area contributed by atoms with Crippen molar-refractivity contribution in [3.63, 3.8) is 0 Å². The van der Waals surface area contributed by atoms with Crippen LogP contribution in [0.4, 0.5) is 0 Å². The molecule has 0 bridgehead atoms. The second-order valence-corrected chi connectivity index (χ2v) is 10.4. The molecule has 2 N–H and O–H groups in total. The van der Waals surface area contributed by atoms with E-state index in [9.17, 15) is 8.42 Å². The van der Waals surface area contributed by atoms with Gasteiger partial charge in [-0.3, -0.25) is 0 Å². The highest BCUT2D eigenvalue weighted by molar-refractivity contribution is 14.1. The van der Waals surface area contributed by atoms with Crippen LogP contribution >= 0.6 is 45.2 Å². The molecule has 0 aliphatic heterocycles. The lowest BCUT2D eigenvalue weighted by molar-refractivity contribution is 0.417. The third kappa shape index (κ3) is 3.49. The third-order valence-electron chi connectivity index (χ3n) is 4.66. The Morgan fingerprint density at radius 2 is 1.32 bits per heavy atom. The summed E-state index contributed by atoms with van der Waals surface area (Å²) in [4.78, 5) is 0.0885. The van der Waals surface area contributed by atoms with E-state index in [1.165, 1.54) is 0 Å². The summed E-state index contributed by atoms with van der Waals surface area (Å²) in [6, 6.07) is 19.2. The molecule has 0 heterocycles. The van der Waals surface area contributed by atoms with Gasteiger partial charge in [-0.1, -0.05) is 24.3 Å². The third-order valence-corrected chi connectivity index (χ3v) is 6.96. The van der Waals surface area contributed by atoms with Crippen molar-refractivity contribution in [3.05, 3.63) is 67.8 Å². The molecule has 142 valence electrons. The lowest BCUT2D eigenvalue weighted by Gasteiger charge is -2.18. The van der Waals surface area contributed by atoms with Gasteiger partial charge in [0.2, 0.25) is 10.0 Å². The van der Waals surface area contributed by atoms with Gasteiger partial charge in [-0.2, -0.15) is 0 Å². The summed E-state index contributed by atoms with van der Waals surface area (Å²) in [5.74, 6) is 0.602. The highest BCUT2D eigenvalue weighted by Crippen LogP contribution is 2.44. The van der Waals surface area contributed by atoms with Crippen LogP contribution in [0.3, 0.4) is 0 Å². The summed E-state index contributed by atoms with van der Waals surface area (Å²) in [6.07, 6.45) is 0. The molecular formula is C21H15I2NO3S. The van der Waals surface area contributed by atoms with Gasteiger partial charge < -0.3 is 4.74 Å². The van der Waals surface area contributed by atoms with Crippen LogP contribution in [0.5, 0.6) is 5.75 Å². The average molecular weight is 615 g/mol. The van der Waals surface area contributed by atoms with E-state index in [0.29, 0.717) is 11.3 Å². The number of fused-ring (bicyclic) bond motifs is 2. The molecule has 0 saturated heterocycles. The van der Waals surface area contributed by atoms with Gasteiger partial charge in [-0.25, -0.2) is 13.6 Å². The Bertz CT molecular complexity index is 1350. The van der Waals surface area contributed by atoms with Crippen LogP contribution in [0, 0.1) is 7.14 Å². The molecule has 0 aliphatic carbocycles. The van der Waals surface area contributed by atoms with Crippen LogP contribution in [-0.4, -0.2) is 15.5 Å². The molecule has 0 aliphatic rings. The number of halogens is 2. The van der Waals surface area contributed by atoms with E-state index in [2.05, 4.69) is 51.2 Å². The molecule has 4 aromatic rings. The number of methoxy groups -OCH3 is 1. The van der Waals surface area contributed by atoms with E-state index < -0.39 is 10.0 Å². The number of ether oxygens (including phenoxy) is 1. The predicted octanol–water partition coefficient (Wildman–Crippen LogP) is 5.53. The lowest BCUT2D eigenvalue weighted by Crippen LogP contribution is -2.14. The van der Waals surface area contributed by atoms with Crippen molar-refractivity contribution in [1.82, 2.24) is 0 Å². The van der Waals surface area contributed by atoms with Crippen LogP contribution in [0.25, 0.3) is 32.7 Å². The first-order valence-electron chi connectivity index (χ1n) is 8.31. The minimum absolute atomic E-state index is 0.0885. The zero-order valence-corrected chi connectivity index (χ0v) is 19.9. The van der Waals surface area contributed by atoms with Crippen molar-refractivity contribution in [2.45, 2.75) is 4.90 Å². The van der Waals surface area contributed by atoms with Gasteiger partial charge in [0.1, 0.15) is 5.75 Å². The topological polar surface area (TPSA) is 69.4 Å². The fourth-order valence-corrected chi connectivity index (χ4v) is 5.27. The Hall–Kier alpha value is -1.43. The Labute approximate surface area is 190 Å². The SMILES string of the molecule is COc1ccc2cc(I)ccc2c1-c1c(S(N)(=O)=O)ccc2cc(I)ccc12. The van der Waals surface area contributed by atoms with Crippen LogP contribution in [0.2, 0.25) is 0 Å². The number of hydrogen-bond donors (Lipinski definition) is 1. The average Bonchev–Trinajstić information content (AvgIpc) is 2.65. The van der Waals surface area contributed by atoms with E-state index in [1.54, 1.807) is 19.2 Å². The highest BCUT2D eigenvalue weighted by Gasteiger charge is 2.23. The van der Waals surface area contributed by atoms with Crippen molar-refractivity contribution >= 4 is 76.7 Å². The maximum absolute atomic E-state index is 12.5. The van der Waals surface area contributed by atoms with Crippen molar-refractivity contribution < 1.29 is 13.2 Å². The summed E-state index contributed by atoms with van der Waals surface area (Å²) in [5, 5.41) is 9.28. The lowest BCUT2D eigenvalue weighted by atomic mass is 9.93. The van der Waals surface area contributed by atoms with Crippen molar-refractivity contribution in [2.24, 2.45) is 5.14 Å². The molecule has 0 saturated carbocycles. The number of hydrogen-bond acceptors (Lipinski definition) is 3. The Kier molecular flexibility index (Phi) is 5.27. The zero-order valence-electron chi connectivity index (χ0n) is 14.7. The summed E-state index contributed by atoms with van der Waals surface area (Å²) < 4.78 is 32.7. The van der Waals surface area contributed by atoms with E-state index in [1.807, 2.05) is 42.5 Å². The maximum Gasteiger partial charge on any atom is 0.238 e. The quantitative estimate of drug-likeness (QED) is 0.309. The van der Waals surface area contributed by atoms with E-state index >= 15 is 0 Å². The largest absolute Gasteiger partial charge is 0.496 e. The molecule has 0 unspecified atom stereocenters. The Balaban J connectivity index is 2.26. The van der Waals surface area contributed by atoms with Crippen molar-refractivity contribution in [3.8, 4) is 16.9 Å². The van der Waals surface area contributed by atoms with Gasteiger partial charge >= 0.3 is 0 Å². The second kappa shape index (κ2) is 7.43. The molecule has 28 heavy (non-hydrogen) atoms. The van der Waals surface area contributed by atoms with Crippen molar-refractivity contribution in [1.29, 1.82) is 0 Å². The van der Waals surface area contributed by atoms with E-state index in [4.69, 9.17) is 9.88 Å². The van der Waals surface area contributed by atoms with Crippen LogP contribution in [0.15, 0.2) is 65.6 Å². The molecule has 7 heteroatoms. The standard InChI is InChI=1S/C21H15I2NO3S/c1-27-18-8-2-12-10-14(22)4-6-16(12)20(18)21-17-7-5-15(23)11-13(17)3-9-19(21)28(24,25)26/h2-11H,1H3,(H2,24,25,26). The number of rotatable bonds is 3. The first-order valence-corrected chi connectivity index (χ1v) is 12.0.